The number of hydrogen-bond acceptors (Lipinski definition) is 8. The number of anilines is 4. The Morgan fingerprint density at radius 1 is 1.17 bits per heavy atom. The molecule has 0 bridgehead atoms. The number of carbonyl (C=O) groups is 1. The van der Waals surface area contributed by atoms with E-state index in [9.17, 15) is 4.79 Å². The summed E-state index contributed by atoms with van der Waals surface area (Å²) in [4.78, 5) is 24.7. The van der Waals surface area contributed by atoms with Crippen LogP contribution in [0.25, 0.3) is 0 Å². The third-order valence-corrected chi connectivity index (χ3v) is 4.76. The number of amides is 1. The first-order valence-electron chi connectivity index (χ1n) is 8.74. The lowest BCUT2D eigenvalue weighted by atomic mass is 10.2. The number of nitrogen functional groups attached to an aromatic ring is 1. The number of para-hydroxylation sites is 1. The zero-order valence-electron chi connectivity index (χ0n) is 15.7. The fourth-order valence-corrected chi connectivity index (χ4v) is 3.16. The number of thioether (sulfide) groups is 1. The molecule has 1 aromatic heterocycles. The first kappa shape index (κ1) is 20.1. The SMILES string of the molecule is Cc1ccccc1Nc1nc(N)nc(CSCC(=O)Nc2cccc(C#N)c2)n1. The Morgan fingerprint density at radius 3 is 2.79 bits per heavy atom. The number of aromatic nitrogens is 3. The molecule has 0 spiro atoms. The Kier molecular flexibility index (Phi) is 6.60. The van der Waals surface area contributed by atoms with Crippen LogP contribution in [0.4, 0.5) is 23.3 Å². The van der Waals surface area contributed by atoms with E-state index in [1.54, 1.807) is 24.3 Å². The normalized spacial score (nSPS) is 10.2. The van der Waals surface area contributed by atoms with E-state index in [2.05, 4.69) is 25.6 Å². The number of carbonyl (C=O) groups excluding carboxylic acids is 1. The number of benzene rings is 2. The van der Waals surface area contributed by atoms with Gasteiger partial charge in [-0.2, -0.15) is 20.2 Å². The standard InChI is InChI=1S/C20H19N7OS/c1-13-5-2-3-8-16(13)24-20-26-17(25-19(22)27-20)11-29-12-18(28)23-15-7-4-6-14(9-15)10-21/h2-9H,11-12H2,1H3,(H,23,28)(H3,22,24,25,26,27). The lowest BCUT2D eigenvalue weighted by Crippen LogP contribution is -2.14. The van der Waals surface area contributed by atoms with Crippen molar-refractivity contribution in [2.45, 2.75) is 12.7 Å². The van der Waals surface area contributed by atoms with Crippen LogP contribution in [-0.4, -0.2) is 26.6 Å². The first-order valence-corrected chi connectivity index (χ1v) is 9.90. The number of rotatable bonds is 7. The van der Waals surface area contributed by atoms with Crippen molar-refractivity contribution in [2.24, 2.45) is 0 Å². The number of nitrogens with two attached hydrogens (primary N) is 1. The maximum absolute atomic E-state index is 12.1. The average molecular weight is 405 g/mol. The summed E-state index contributed by atoms with van der Waals surface area (Å²) >= 11 is 1.36. The molecule has 0 aliphatic rings. The Labute approximate surface area is 172 Å². The van der Waals surface area contributed by atoms with Gasteiger partial charge in [0.25, 0.3) is 0 Å². The molecule has 0 radical (unpaired) electrons. The minimum absolute atomic E-state index is 0.115. The van der Waals surface area contributed by atoms with Crippen LogP contribution in [0.5, 0.6) is 0 Å². The molecule has 0 atom stereocenters. The Balaban J connectivity index is 1.56. The molecule has 3 rings (SSSR count). The van der Waals surface area contributed by atoms with Crippen molar-refractivity contribution in [1.29, 1.82) is 5.26 Å². The van der Waals surface area contributed by atoms with Crippen LogP contribution in [0.2, 0.25) is 0 Å². The molecule has 9 heteroatoms. The number of nitrogens with one attached hydrogen (secondary N) is 2. The quantitative estimate of drug-likeness (QED) is 0.546. The van der Waals surface area contributed by atoms with Crippen molar-refractivity contribution in [2.75, 3.05) is 22.1 Å². The summed E-state index contributed by atoms with van der Waals surface area (Å²) in [6.07, 6.45) is 0. The molecule has 3 aromatic rings. The van der Waals surface area contributed by atoms with E-state index >= 15 is 0 Å². The van der Waals surface area contributed by atoms with Gasteiger partial charge in [-0.25, -0.2) is 0 Å². The predicted molar refractivity (Wildman–Crippen MR) is 115 cm³/mol. The van der Waals surface area contributed by atoms with Crippen molar-refractivity contribution >= 4 is 40.9 Å². The smallest absolute Gasteiger partial charge is 0.234 e. The third-order valence-electron chi connectivity index (χ3n) is 3.83. The largest absolute Gasteiger partial charge is 0.368 e. The Bertz CT molecular complexity index is 1060. The van der Waals surface area contributed by atoms with Gasteiger partial charge in [0.15, 0.2) is 0 Å². The van der Waals surface area contributed by atoms with E-state index < -0.39 is 0 Å². The molecule has 8 nitrogen and oxygen atoms in total. The summed E-state index contributed by atoms with van der Waals surface area (Å²) in [7, 11) is 0. The zero-order valence-corrected chi connectivity index (χ0v) is 16.5. The lowest BCUT2D eigenvalue weighted by molar-refractivity contribution is -0.113. The van der Waals surface area contributed by atoms with Crippen molar-refractivity contribution < 1.29 is 4.79 Å². The van der Waals surface area contributed by atoms with Crippen LogP contribution >= 0.6 is 11.8 Å². The minimum Gasteiger partial charge on any atom is -0.368 e. The van der Waals surface area contributed by atoms with Crippen LogP contribution in [-0.2, 0) is 10.5 Å². The maximum atomic E-state index is 12.1. The summed E-state index contributed by atoms with van der Waals surface area (Å²) < 4.78 is 0. The molecule has 1 heterocycles. The van der Waals surface area contributed by atoms with E-state index in [1.807, 2.05) is 37.3 Å². The van der Waals surface area contributed by atoms with Crippen LogP contribution in [0, 0.1) is 18.3 Å². The Morgan fingerprint density at radius 2 is 2.00 bits per heavy atom. The number of nitriles is 1. The molecule has 146 valence electrons. The molecular weight excluding hydrogens is 386 g/mol. The molecule has 0 saturated heterocycles. The van der Waals surface area contributed by atoms with Crippen molar-refractivity contribution in [3.63, 3.8) is 0 Å². The molecule has 29 heavy (non-hydrogen) atoms. The van der Waals surface area contributed by atoms with Gasteiger partial charge < -0.3 is 16.4 Å². The fourth-order valence-electron chi connectivity index (χ4n) is 2.49. The highest BCUT2D eigenvalue weighted by Gasteiger charge is 2.09. The van der Waals surface area contributed by atoms with E-state index in [4.69, 9.17) is 11.0 Å². The average Bonchev–Trinajstić information content (AvgIpc) is 2.69. The molecule has 0 aliphatic carbocycles. The Hall–Kier alpha value is -3.64. The summed E-state index contributed by atoms with van der Waals surface area (Å²) in [5.41, 5.74) is 8.81. The van der Waals surface area contributed by atoms with E-state index in [-0.39, 0.29) is 17.6 Å². The second kappa shape index (κ2) is 9.52. The van der Waals surface area contributed by atoms with Crippen LogP contribution < -0.4 is 16.4 Å². The summed E-state index contributed by atoms with van der Waals surface area (Å²) in [6, 6.07) is 16.6. The predicted octanol–water partition coefficient (Wildman–Crippen LogP) is 3.25. The number of hydrogen-bond donors (Lipinski definition) is 3. The van der Waals surface area contributed by atoms with Crippen LogP contribution in [0.3, 0.4) is 0 Å². The summed E-state index contributed by atoms with van der Waals surface area (Å²) in [5.74, 6) is 1.40. The molecule has 1 amide bonds. The van der Waals surface area contributed by atoms with Gasteiger partial charge in [-0.15, -0.1) is 11.8 Å². The van der Waals surface area contributed by atoms with Crippen LogP contribution in [0.1, 0.15) is 17.0 Å². The molecule has 0 fully saturated rings. The van der Waals surface area contributed by atoms with Gasteiger partial charge in [0.1, 0.15) is 5.82 Å². The van der Waals surface area contributed by atoms with E-state index in [1.165, 1.54) is 11.8 Å². The topological polar surface area (TPSA) is 130 Å². The van der Waals surface area contributed by atoms with E-state index in [0.29, 0.717) is 28.8 Å². The molecule has 0 aliphatic heterocycles. The summed E-state index contributed by atoms with van der Waals surface area (Å²) in [5, 5.41) is 14.8. The molecule has 4 N–H and O–H groups in total. The highest BCUT2D eigenvalue weighted by molar-refractivity contribution is 7.99. The summed E-state index contributed by atoms with van der Waals surface area (Å²) in [6.45, 7) is 1.98. The van der Waals surface area contributed by atoms with Gasteiger partial charge in [0, 0.05) is 11.4 Å². The first-order chi connectivity index (χ1) is 14.0. The molecule has 0 saturated carbocycles. The second-order valence-electron chi connectivity index (χ2n) is 6.11. The van der Waals surface area contributed by atoms with Crippen LogP contribution in [0.15, 0.2) is 48.5 Å². The highest BCUT2D eigenvalue weighted by Crippen LogP contribution is 2.19. The van der Waals surface area contributed by atoms with Gasteiger partial charge >= 0.3 is 0 Å². The van der Waals surface area contributed by atoms with Gasteiger partial charge in [0.2, 0.25) is 17.8 Å². The van der Waals surface area contributed by atoms with Crippen molar-refractivity contribution in [3.8, 4) is 6.07 Å². The maximum Gasteiger partial charge on any atom is 0.234 e. The molecular formula is C20H19N7OS. The van der Waals surface area contributed by atoms with E-state index in [0.717, 1.165) is 11.3 Å². The third kappa shape index (κ3) is 5.92. The van der Waals surface area contributed by atoms with Crippen molar-refractivity contribution in [1.82, 2.24) is 15.0 Å². The molecule has 2 aromatic carbocycles. The second-order valence-corrected chi connectivity index (χ2v) is 7.09. The monoisotopic (exact) mass is 405 g/mol. The minimum atomic E-state index is -0.176. The van der Waals surface area contributed by atoms with Gasteiger partial charge in [-0.3, -0.25) is 4.79 Å². The highest BCUT2D eigenvalue weighted by atomic mass is 32.2. The zero-order chi connectivity index (χ0) is 20.6. The van der Waals surface area contributed by atoms with Crippen molar-refractivity contribution in [3.05, 3.63) is 65.5 Å². The number of aryl methyl sites for hydroxylation is 1. The fraction of sp³-hybridized carbons (Fsp3) is 0.150. The molecule has 0 unspecified atom stereocenters. The van der Waals surface area contributed by atoms with Gasteiger partial charge in [0.05, 0.1) is 23.1 Å². The lowest BCUT2D eigenvalue weighted by Gasteiger charge is -2.09. The number of nitrogens with zero attached hydrogens (tertiary/aromatic N) is 4. The van der Waals surface area contributed by atoms with Gasteiger partial charge in [-0.05, 0) is 36.8 Å². The van der Waals surface area contributed by atoms with Gasteiger partial charge in [-0.1, -0.05) is 24.3 Å².